The molecule has 6 nitrogen and oxygen atoms in total. The fraction of sp³-hybridized carbons (Fsp3) is 0.308. The Morgan fingerprint density at radius 1 is 1.47 bits per heavy atom. The molecule has 0 amide bonds. The van der Waals surface area contributed by atoms with Crippen molar-refractivity contribution >= 4 is 11.8 Å². The van der Waals surface area contributed by atoms with Gasteiger partial charge in [0.1, 0.15) is 11.4 Å². The van der Waals surface area contributed by atoms with E-state index in [9.17, 15) is 4.79 Å². The second-order valence-corrected chi connectivity index (χ2v) is 4.16. The minimum Gasteiger partial charge on any atom is -0.465 e. The van der Waals surface area contributed by atoms with E-state index in [4.69, 9.17) is 4.74 Å². The normalized spacial score (nSPS) is 11.9. The van der Waals surface area contributed by atoms with Gasteiger partial charge in [-0.2, -0.15) is 5.10 Å². The Kier molecular flexibility index (Phi) is 4.12. The molecule has 2 aromatic heterocycles. The Bertz CT molecular complexity index is 539. The van der Waals surface area contributed by atoms with E-state index < -0.39 is 5.97 Å². The van der Waals surface area contributed by atoms with Crippen LogP contribution in [0.15, 0.2) is 36.8 Å². The summed E-state index contributed by atoms with van der Waals surface area (Å²) in [6, 6.07) is 5.34. The van der Waals surface area contributed by atoms with Crippen LogP contribution < -0.4 is 5.32 Å². The Balaban J connectivity index is 2.08. The number of esters is 1. The molecular formula is C13H16N4O2. The van der Waals surface area contributed by atoms with Crippen molar-refractivity contribution in [3.8, 4) is 0 Å². The fourth-order valence-corrected chi connectivity index (χ4v) is 1.76. The van der Waals surface area contributed by atoms with Crippen molar-refractivity contribution in [3.05, 3.63) is 42.4 Å². The average molecular weight is 260 g/mol. The monoisotopic (exact) mass is 260 g/mol. The second kappa shape index (κ2) is 5.99. The lowest BCUT2D eigenvalue weighted by Gasteiger charge is -2.16. The quantitative estimate of drug-likeness (QED) is 0.826. The van der Waals surface area contributed by atoms with Gasteiger partial charge in [0, 0.05) is 24.6 Å². The highest BCUT2D eigenvalue weighted by Crippen LogP contribution is 2.14. The zero-order valence-corrected chi connectivity index (χ0v) is 10.9. The molecule has 100 valence electrons. The van der Waals surface area contributed by atoms with E-state index in [2.05, 4.69) is 15.4 Å². The topological polar surface area (TPSA) is 69.0 Å². The lowest BCUT2D eigenvalue weighted by molar-refractivity contribution is 0.0601. The van der Waals surface area contributed by atoms with E-state index >= 15 is 0 Å². The standard InChI is InChI=1S/C13H16N4O2/c1-10(9-17-8-4-7-15-17)16-12-11(13(18)19-2)5-3-6-14-12/h3-8,10H,9H2,1-2H3,(H,14,16). The minimum absolute atomic E-state index is 0.0817. The molecule has 0 aliphatic rings. The maximum Gasteiger partial charge on any atom is 0.341 e. The molecule has 1 unspecified atom stereocenters. The van der Waals surface area contributed by atoms with Crippen LogP contribution >= 0.6 is 0 Å². The summed E-state index contributed by atoms with van der Waals surface area (Å²) in [4.78, 5) is 15.8. The van der Waals surface area contributed by atoms with Gasteiger partial charge in [-0.15, -0.1) is 0 Å². The van der Waals surface area contributed by atoms with E-state index in [0.717, 1.165) is 0 Å². The summed E-state index contributed by atoms with van der Waals surface area (Å²) >= 11 is 0. The first kappa shape index (κ1) is 13.1. The number of ether oxygens (including phenoxy) is 1. The Labute approximate surface area is 111 Å². The Hall–Kier alpha value is -2.37. The van der Waals surface area contributed by atoms with Gasteiger partial charge in [-0.1, -0.05) is 0 Å². The van der Waals surface area contributed by atoms with Gasteiger partial charge in [-0.3, -0.25) is 4.68 Å². The van der Waals surface area contributed by atoms with E-state index in [1.54, 1.807) is 24.5 Å². The average Bonchev–Trinajstić information content (AvgIpc) is 2.91. The smallest absolute Gasteiger partial charge is 0.341 e. The number of hydrogen-bond acceptors (Lipinski definition) is 5. The van der Waals surface area contributed by atoms with Crippen LogP contribution in [0.4, 0.5) is 5.82 Å². The zero-order chi connectivity index (χ0) is 13.7. The van der Waals surface area contributed by atoms with Crippen LogP contribution in [0.2, 0.25) is 0 Å². The van der Waals surface area contributed by atoms with Crippen LogP contribution in [-0.2, 0) is 11.3 Å². The van der Waals surface area contributed by atoms with Crippen LogP contribution in [0.5, 0.6) is 0 Å². The molecule has 0 spiro atoms. The number of aromatic nitrogens is 3. The highest BCUT2D eigenvalue weighted by Gasteiger charge is 2.14. The molecule has 6 heteroatoms. The van der Waals surface area contributed by atoms with Crippen LogP contribution in [0.1, 0.15) is 17.3 Å². The Morgan fingerprint density at radius 2 is 2.32 bits per heavy atom. The number of nitrogens with zero attached hydrogens (tertiary/aromatic N) is 3. The molecule has 2 rings (SSSR count). The van der Waals surface area contributed by atoms with Gasteiger partial charge in [-0.05, 0) is 25.1 Å². The largest absolute Gasteiger partial charge is 0.465 e. The van der Waals surface area contributed by atoms with Crippen LogP contribution in [-0.4, -0.2) is 33.9 Å². The van der Waals surface area contributed by atoms with Gasteiger partial charge in [-0.25, -0.2) is 9.78 Å². The lowest BCUT2D eigenvalue weighted by atomic mass is 10.2. The molecule has 0 aliphatic carbocycles. The molecule has 0 radical (unpaired) electrons. The van der Waals surface area contributed by atoms with Crippen molar-refractivity contribution in [2.75, 3.05) is 12.4 Å². The highest BCUT2D eigenvalue weighted by molar-refractivity contribution is 5.94. The molecule has 19 heavy (non-hydrogen) atoms. The SMILES string of the molecule is COC(=O)c1cccnc1NC(C)Cn1cccn1. The maximum absolute atomic E-state index is 11.6. The summed E-state index contributed by atoms with van der Waals surface area (Å²) in [5.41, 5.74) is 0.428. The number of rotatable bonds is 5. The summed E-state index contributed by atoms with van der Waals surface area (Å²) in [5, 5.41) is 7.33. The van der Waals surface area contributed by atoms with Gasteiger partial charge < -0.3 is 10.1 Å². The van der Waals surface area contributed by atoms with E-state index in [1.165, 1.54) is 7.11 Å². The molecule has 2 aromatic rings. The molecule has 0 aromatic carbocycles. The summed E-state index contributed by atoms with van der Waals surface area (Å²) in [6.07, 6.45) is 5.25. The first-order chi connectivity index (χ1) is 9.20. The van der Waals surface area contributed by atoms with E-state index in [1.807, 2.05) is 23.9 Å². The van der Waals surface area contributed by atoms with Crippen LogP contribution in [0.3, 0.4) is 0 Å². The summed E-state index contributed by atoms with van der Waals surface area (Å²) in [6.45, 7) is 2.68. The molecular weight excluding hydrogens is 244 g/mol. The third kappa shape index (κ3) is 3.31. The number of hydrogen-bond donors (Lipinski definition) is 1. The summed E-state index contributed by atoms with van der Waals surface area (Å²) in [5.74, 6) is 0.121. The van der Waals surface area contributed by atoms with Gasteiger partial charge >= 0.3 is 5.97 Å². The molecule has 0 fully saturated rings. The minimum atomic E-state index is -0.401. The summed E-state index contributed by atoms with van der Waals surface area (Å²) in [7, 11) is 1.35. The van der Waals surface area contributed by atoms with Crippen LogP contribution in [0.25, 0.3) is 0 Å². The number of carbonyl (C=O) groups excluding carboxylic acids is 1. The number of nitrogens with one attached hydrogen (secondary N) is 1. The maximum atomic E-state index is 11.6. The molecule has 2 heterocycles. The predicted molar refractivity (Wildman–Crippen MR) is 70.9 cm³/mol. The number of carbonyl (C=O) groups is 1. The third-order valence-corrected chi connectivity index (χ3v) is 2.62. The zero-order valence-electron chi connectivity index (χ0n) is 10.9. The molecule has 0 saturated heterocycles. The van der Waals surface area contributed by atoms with Gasteiger partial charge in [0.05, 0.1) is 13.7 Å². The van der Waals surface area contributed by atoms with Crippen molar-refractivity contribution in [2.45, 2.75) is 19.5 Å². The van der Waals surface area contributed by atoms with E-state index in [-0.39, 0.29) is 6.04 Å². The molecule has 0 bridgehead atoms. The highest BCUT2D eigenvalue weighted by atomic mass is 16.5. The fourth-order valence-electron chi connectivity index (χ4n) is 1.76. The number of pyridine rings is 1. The third-order valence-electron chi connectivity index (χ3n) is 2.62. The van der Waals surface area contributed by atoms with Crippen molar-refractivity contribution in [1.29, 1.82) is 0 Å². The van der Waals surface area contributed by atoms with Crippen molar-refractivity contribution in [3.63, 3.8) is 0 Å². The van der Waals surface area contributed by atoms with Crippen molar-refractivity contribution in [2.24, 2.45) is 0 Å². The Morgan fingerprint density at radius 3 is 3.00 bits per heavy atom. The van der Waals surface area contributed by atoms with E-state index in [0.29, 0.717) is 17.9 Å². The number of anilines is 1. The predicted octanol–water partition coefficient (Wildman–Crippen LogP) is 1.57. The molecule has 1 atom stereocenters. The van der Waals surface area contributed by atoms with Crippen molar-refractivity contribution < 1.29 is 9.53 Å². The molecule has 0 aliphatic heterocycles. The molecule has 1 N–H and O–H groups in total. The first-order valence-corrected chi connectivity index (χ1v) is 5.98. The van der Waals surface area contributed by atoms with Gasteiger partial charge in [0.2, 0.25) is 0 Å². The first-order valence-electron chi connectivity index (χ1n) is 5.98. The second-order valence-electron chi connectivity index (χ2n) is 4.16. The summed E-state index contributed by atoms with van der Waals surface area (Å²) < 4.78 is 6.55. The van der Waals surface area contributed by atoms with Gasteiger partial charge in [0.25, 0.3) is 0 Å². The molecule has 0 saturated carbocycles. The van der Waals surface area contributed by atoms with Gasteiger partial charge in [0.15, 0.2) is 0 Å². The van der Waals surface area contributed by atoms with Crippen LogP contribution in [0, 0.1) is 0 Å². The number of methoxy groups -OCH3 is 1. The van der Waals surface area contributed by atoms with Crippen molar-refractivity contribution in [1.82, 2.24) is 14.8 Å². The lowest BCUT2D eigenvalue weighted by Crippen LogP contribution is -2.24.